The average molecular weight is 381 g/mol. The molecule has 8 heteroatoms. The minimum atomic E-state index is -0.0723. The molecule has 1 amide bonds. The summed E-state index contributed by atoms with van der Waals surface area (Å²) in [5.41, 5.74) is 0.905. The van der Waals surface area contributed by atoms with Crippen LogP contribution in [0, 0.1) is 6.92 Å². The number of thiophene rings is 1. The maximum Gasteiger partial charge on any atom is 0.261 e. The molecule has 0 radical (unpaired) electrons. The van der Waals surface area contributed by atoms with E-state index in [2.05, 4.69) is 27.5 Å². The van der Waals surface area contributed by atoms with Gasteiger partial charge in [0.15, 0.2) is 0 Å². The number of rotatable bonds is 11. The second kappa shape index (κ2) is 10.4. The third kappa shape index (κ3) is 5.12. The Labute approximate surface area is 158 Å². The van der Waals surface area contributed by atoms with E-state index in [0.29, 0.717) is 31.2 Å². The lowest BCUT2D eigenvalue weighted by Crippen LogP contribution is -2.25. The molecule has 7 nitrogen and oxygen atoms in total. The standard InChI is InChI=1S/C18H28N4O3S/c1-5-13(10-24-4)22-16-14-12(3)15(26-18(14)21-11-20-16)17(23)19-8-7-9-25-6-2/h11,13H,5-10H2,1-4H3,(H,19,23)(H,20,21,22). The zero-order valence-electron chi connectivity index (χ0n) is 15.9. The van der Waals surface area contributed by atoms with Gasteiger partial charge in [0.25, 0.3) is 5.91 Å². The summed E-state index contributed by atoms with van der Waals surface area (Å²) in [5.74, 6) is 0.680. The molecule has 2 aromatic rings. The van der Waals surface area contributed by atoms with Gasteiger partial charge in [-0.2, -0.15) is 0 Å². The van der Waals surface area contributed by atoms with Crippen LogP contribution in [-0.2, 0) is 9.47 Å². The van der Waals surface area contributed by atoms with Crippen molar-refractivity contribution < 1.29 is 14.3 Å². The Morgan fingerprint density at radius 3 is 2.85 bits per heavy atom. The minimum absolute atomic E-state index is 0.0723. The van der Waals surface area contributed by atoms with Crippen molar-refractivity contribution in [3.63, 3.8) is 0 Å². The molecule has 2 aromatic heterocycles. The van der Waals surface area contributed by atoms with Crippen molar-refractivity contribution in [2.24, 2.45) is 0 Å². The van der Waals surface area contributed by atoms with Crippen LogP contribution in [0.3, 0.4) is 0 Å². The summed E-state index contributed by atoms with van der Waals surface area (Å²) in [6.07, 6.45) is 3.24. The molecule has 2 N–H and O–H groups in total. The van der Waals surface area contributed by atoms with E-state index in [4.69, 9.17) is 9.47 Å². The van der Waals surface area contributed by atoms with E-state index >= 15 is 0 Å². The van der Waals surface area contributed by atoms with Crippen LogP contribution in [-0.4, -0.2) is 55.4 Å². The Morgan fingerprint density at radius 1 is 1.35 bits per heavy atom. The molecule has 0 saturated carbocycles. The molecule has 2 heterocycles. The van der Waals surface area contributed by atoms with Gasteiger partial charge in [-0.25, -0.2) is 9.97 Å². The Balaban J connectivity index is 2.16. The van der Waals surface area contributed by atoms with Crippen LogP contribution in [0.15, 0.2) is 6.33 Å². The van der Waals surface area contributed by atoms with Gasteiger partial charge in [0, 0.05) is 26.9 Å². The van der Waals surface area contributed by atoms with Gasteiger partial charge in [0.05, 0.1) is 22.9 Å². The highest BCUT2D eigenvalue weighted by atomic mass is 32.1. The first-order valence-corrected chi connectivity index (χ1v) is 9.79. The molecule has 0 saturated heterocycles. The van der Waals surface area contributed by atoms with Gasteiger partial charge in [0.2, 0.25) is 0 Å². The average Bonchev–Trinajstić information content (AvgIpc) is 2.99. The van der Waals surface area contributed by atoms with Gasteiger partial charge >= 0.3 is 0 Å². The molecule has 144 valence electrons. The van der Waals surface area contributed by atoms with Gasteiger partial charge in [-0.15, -0.1) is 11.3 Å². The van der Waals surface area contributed by atoms with Crippen LogP contribution in [0.5, 0.6) is 0 Å². The van der Waals surface area contributed by atoms with Crippen molar-refractivity contribution in [2.75, 3.05) is 38.8 Å². The SMILES string of the molecule is CCOCCCNC(=O)c1sc2ncnc(NC(CC)COC)c2c1C. The number of nitrogens with zero attached hydrogens (tertiary/aromatic N) is 2. The van der Waals surface area contributed by atoms with Gasteiger partial charge in [0.1, 0.15) is 17.0 Å². The summed E-state index contributed by atoms with van der Waals surface area (Å²) in [6.45, 7) is 8.53. The summed E-state index contributed by atoms with van der Waals surface area (Å²) in [5, 5.41) is 7.28. The number of carbonyl (C=O) groups excluding carboxylic acids is 1. The lowest BCUT2D eigenvalue weighted by Gasteiger charge is -2.17. The van der Waals surface area contributed by atoms with Crippen molar-refractivity contribution in [3.8, 4) is 0 Å². The third-order valence-corrected chi connectivity index (χ3v) is 5.29. The van der Waals surface area contributed by atoms with Gasteiger partial charge < -0.3 is 20.1 Å². The van der Waals surface area contributed by atoms with E-state index in [-0.39, 0.29) is 11.9 Å². The number of ether oxygens (including phenoxy) is 2. The highest BCUT2D eigenvalue weighted by molar-refractivity contribution is 7.20. The zero-order valence-corrected chi connectivity index (χ0v) is 16.7. The molecular formula is C18H28N4O3S. The lowest BCUT2D eigenvalue weighted by atomic mass is 10.1. The first-order chi connectivity index (χ1) is 12.6. The minimum Gasteiger partial charge on any atom is -0.383 e. The highest BCUT2D eigenvalue weighted by Gasteiger charge is 2.20. The van der Waals surface area contributed by atoms with Crippen molar-refractivity contribution in [1.82, 2.24) is 15.3 Å². The van der Waals surface area contributed by atoms with Crippen LogP contribution in [0.25, 0.3) is 10.2 Å². The van der Waals surface area contributed by atoms with Crippen molar-refractivity contribution in [2.45, 2.75) is 39.7 Å². The molecule has 26 heavy (non-hydrogen) atoms. The molecule has 0 aliphatic heterocycles. The topological polar surface area (TPSA) is 85.4 Å². The molecule has 0 spiro atoms. The number of nitrogens with one attached hydrogen (secondary N) is 2. The van der Waals surface area contributed by atoms with Crippen LogP contribution in [0.4, 0.5) is 5.82 Å². The fourth-order valence-corrected chi connectivity index (χ4v) is 3.72. The summed E-state index contributed by atoms with van der Waals surface area (Å²) < 4.78 is 10.5. The van der Waals surface area contributed by atoms with Gasteiger partial charge in [-0.3, -0.25) is 4.79 Å². The van der Waals surface area contributed by atoms with E-state index in [9.17, 15) is 4.79 Å². The van der Waals surface area contributed by atoms with Crippen molar-refractivity contribution in [1.29, 1.82) is 0 Å². The van der Waals surface area contributed by atoms with Crippen molar-refractivity contribution >= 4 is 33.3 Å². The Hall–Kier alpha value is -1.77. The van der Waals surface area contributed by atoms with Gasteiger partial charge in [-0.05, 0) is 32.3 Å². The number of carbonyl (C=O) groups is 1. The summed E-state index contributed by atoms with van der Waals surface area (Å²) >= 11 is 1.40. The fraction of sp³-hybridized carbons (Fsp3) is 0.611. The smallest absolute Gasteiger partial charge is 0.261 e. The van der Waals surface area contributed by atoms with E-state index < -0.39 is 0 Å². The molecule has 0 fully saturated rings. The fourth-order valence-electron chi connectivity index (χ4n) is 2.65. The van der Waals surface area contributed by atoms with Crippen LogP contribution < -0.4 is 10.6 Å². The van der Waals surface area contributed by atoms with E-state index in [0.717, 1.165) is 34.4 Å². The second-order valence-corrected chi connectivity index (χ2v) is 6.97. The molecule has 0 aliphatic rings. The van der Waals surface area contributed by atoms with Gasteiger partial charge in [-0.1, -0.05) is 6.92 Å². The molecule has 1 unspecified atom stereocenters. The highest BCUT2D eigenvalue weighted by Crippen LogP contribution is 2.33. The Morgan fingerprint density at radius 2 is 2.15 bits per heavy atom. The molecule has 0 bridgehead atoms. The predicted octanol–water partition coefficient (Wildman–Crippen LogP) is 2.99. The number of anilines is 1. The summed E-state index contributed by atoms with van der Waals surface area (Å²) in [4.78, 5) is 22.8. The number of aromatic nitrogens is 2. The number of hydrogen-bond donors (Lipinski definition) is 2. The van der Waals surface area contributed by atoms with Crippen LogP contribution >= 0.6 is 11.3 Å². The van der Waals surface area contributed by atoms with E-state index in [1.807, 2.05) is 13.8 Å². The first-order valence-electron chi connectivity index (χ1n) is 8.97. The normalized spacial score (nSPS) is 12.3. The number of methoxy groups -OCH3 is 1. The predicted molar refractivity (Wildman–Crippen MR) is 105 cm³/mol. The quantitative estimate of drug-likeness (QED) is 0.583. The molecule has 2 rings (SSSR count). The maximum atomic E-state index is 12.5. The molecule has 0 aromatic carbocycles. The summed E-state index contributed by atoms with van der Waals surface area (Å²) in [6, 6.07) is 0.160. The monoisotopic (exact) mass is 380 g/mol. The van der Waals surface area contributed by atoms with Crippen LogP contribution in [0.2, 0.25) is 0 Å². The zero-order chi connectivity index (χ0) is 18.9. The molecule has 0 aliphatic carbocycles. The first kappa shape index (κ1) is 20.5. The van der Waals surface area contributed by atoms with E-state index in [1.165, 1.54) is 17.7 Å². The Kier molecular flexibility index (Phi) is 8.21. The number of fused-ring (bicyclic) bond motifs is 1. The third-order valence-electron chi connectivity index (χ3n) is 4.09. The second-order valence-electron chi connectivity index (χ2n) is 5.97. The lowest BCUT2D eigenvalue weighted by molar-refractivity contribution is 0.0948. The van der Waals surface area contributed by atoms with Crippen molar-refractivity contribution in [3.05, 3.63) is 16.8 Å². The summed E-state index contributed by atoms with van der Waals surface area (Å²) in [7, 11) is 1.68. The maximum absolute atomic E-state index is 12.5. The Bertz CT molecular complexity index is 720. The number of amides is 1. The van der Waals surface area contributed by atoms with E-state index in [1.54, 1.807) is 7.11 Å². The number of aryl methyl sites for hydroxylation is 1. The van der Waals surface area contributed by atoms with Crippen LogP contribution in [0.1, 0.15) is 41.9 Å². The molecular weight excluding hydrogens is 352 g/mol. The molecule has 1 atom stereocenters. The number of hydrogen-bond acceptors (Lipinski definition) is 7. The largest absolute Gasteiger partial charge is 0.383 e.